The molecule has 4 heteroatoms. The highest BCUT2D eigenvalue weighted by atomic mass is 16.1. The first-order valence-corrected chi connectivity index (χ1v) is 8.19. The van der Waals surface area contributed by atoms with E-state index in [4.69, 9.17) is 0 Å². The minimum absolute atomic E-state index is 0.0111. The Morgan fingerprint density at radius 2 is 1.91 bits per heavy atom. The number of carbonyl (C=O) groups excluding carboxylic acids is 1. The molecule has 1 aliphatic heterocycles. The lowest BCUT2D eigenvalue weighted by Gasteiger charge is -2.41. The molecule has 0 radical (unpaired) electrons. The molecule has 23 heavy (non-hydrogen) atoms. The summed E-state index contributed by atoms with van der Waals surface area (Å²) in [5, 5.41) is 3.09. The van der Waals surface area contributed by atoms with E-state index in [0.717, 1.165) is 19.5 Å². The molecule has 2 heterocycles. The Morgan fingerprint density at radius 3 is 2.61 bits per heavy atom. The van der Waals surface area contributed by atoms with Crippen molar-refractivity contribution in [3.8, 4) is 0 Å². The molecule has 3 rings (SSSR count). The average molecular weight is 311 g/mol. The molecule has 1 N–H and O–H groups in total. The molecule has 0 unspecified atom stereocenters. The number of carbonyl (C=O) groups is 1. The molecule has 4 nitrogen and oxygen atoms in total. The van der Waals surface area contributed by atoms with Crippen LogP contribution >= 0.6 is 0 Å². The Morgan fingerprint density at radius 1 is 1.17 bits per heavy atom. The van der Waals surface area contributed by atoms with E-state index in [1.165, 1.54) is 11.1 Å². The number of nitrogens with one attached hydrogen (secondary N) is 1. The van der Waals surface area contributed by atoms with Crippen molar-refractivity contribution in [3.05, 3.63) is 59.4 Å². The standard InChI is InChI=1S/C19H25N3O/c1-19(2,14-20-18(23)17-9-6-11-21(17)3)22-12-10-15-7-4-5-8-16(15)13-22/h4-9,11H,10,12-14H2,1-3H3,(H,20,23). The molecule has 0 saturated heterocycles. The van der Waals surface area contributed by atoms with Crippen molar-refractivity contribution < 1.29 is 4.79 Å². The van der Waals surface area contributed by atoms with E-state index in [1.807, 2.05) is 29.9 Å². The zero-order valence-corrected chi connectivity index (χ0v) is 14.2. The maximum absolute atomic E-state index is 12.3. The van der Waals surface area contributed by atoms with Gasteiger partial charge in [0.15, 0.2) is 0 Å². The van der Waals surface area contributed by atoms with E-state index in [1.54, 1.807) is 0 Å². The first-order valence-electron chi connectivity index (χ1n) is 8.19. The van der Waals surface area contributed by atoms with Crippen molar-refractivity contribution in [3.63, 3.8) is 0 Å². The summed E-state index contributed by atoms with van der Waals surface area (Å²) in [5.74, 6) is -0.0111. The van der Waals surface area contributed by atoms with Crippen LogP contribution in [-0.4, -0.2) is 34.0 Å². The van der Waals surface area contributed by atoms with Gasteiger partial charge in [0, 0.05) is 38.4 Å². The second-order valence-electron chi connectivity index (χ2n) is 6.94. The SMILES string of the molecule is Cn1cccc1C(=O)NCC(C)(C)N1CCc2ccccc2C1. The number of nitrogens with zero attached hydrogens (tertiary/aromatic N) is 2. The number of aryl methyl sites for hydroxylation is 1. The molecule has 1 aromatic heterocycles. The summed E-state index contributed by atoms with van der Waals surface area (Å²) < 4.78 is 1.85. The van der Waals surface area contributed by atoms with Gasteiger partial charge < -0.3 is 9.88 Å². The van der Waals surface area contributed by atoms with Gasteiger partial charge in [-0.25, -0.2) is 0 Å². The number of amides is 1. The van der Waals surface area contributed by atoms with Crippen molar-refractivity contribution in [1.82, 2.24) is 14.8 Å². The largest absolute Gasteiger partial charge is 0.349 e. The van der Waals surface area contributed by atoms with Crippen LogP contribution in [0.2, 0.25) is 0 Å². The summed E-state index contributed by atoms with van der Waals surface area (Å²) in [6.07, 6.45) is 2.97. The lowest BCUT2D eigenvalue weighted by Crippen LogP contribution is -2.53. The van der Waals surface area contributed by atoms with E-state index in [-0.39, 0.29) is 11.4 Å². The van der Waals surface area contributed by atoms with Crippen LogP contribution in [0.1, 0.15) is 35.5 Å². The maximum Gasteiger partial charge on any atom is 0.267 e. The lowest BCUT2D eigenvalue weighted by atomic mass is 9.94. The Labute approximate surface area is 138 Å². The second kappa shape index (κ2) is 6.20. The van der Waals surface area contributed by atoms with Gasteiger partial charge in [0.2, 0.25) is 0 Å². The normalized spacial score (nSPS) is 15.3. The molecule has 1 aromatic carbocycles. The third-order valence-corrected chi connectivity index (χ3v) is 4.84. The number of benzene rings is 1. The highest BCUT2D eigenvalue weighted by Crippen LogP contribution is 2.25. The highest BCUT2D eigenvalue weighted by Gasteiger charge is 2.30. The molecule has 0 atom stereocenters. The van der Waals surface area contributed by atoms with E-state index < -0.39 is 0 Å². The van der Waals surface area contributed by atoms with Crippen LogP contribution in [0.4, 0.5) is 0 Å². The fraction of sp³-hybridized carbons (Fsp3) is 0.421. The van der Waals surface area contributed by atoms with Gasteiger partial charge in [0.05, 0.1) is 0 Å². The topological polar surface area (TPSA) is 37.3 Å². The minimum atomic E-state index is -0.0750. The first kappa shape index (κ1) is 15.8. The van der Waals surface area contributed by atoms with Gasteiger partial charge >= 0.3 is 0 Å². The molecule has 2 aromatic rings. The molecule has 1 amide bonds. The quantitative estimate of drug-likeness (QED) is 0.942. The van der Waals surface area contributed by atoms with Crippen LogP contribution in [0.5, 0.6) is 0 Å². The fourth-order valence-electron chi connectivity index (χ4n) is 3.21. The molecular formula is C19H25N3O. The van der Waals surface area contributed by atoms with Crippen molar-refractivity contribution in [2.75, 3.05) is 13.1 Å². The Bertz CT molecular complexity index is 702. The van der Waals surface area contributed by atoms with Crippen LogP contribution in [0.15, 0.2) is 42.6 Å². The summed E-state index contributed by atoms with van der Waals surface area (Å²) in [5.41, 5.74) is 3.48. The van der Waals surface area contributed by atoms with E-state index in [0.29, 0.717) is 12.2 Å². The second-order valence-corrected chi connectivity index (χ2v) is 6.94. The van der Waals surface area contributed by atoms with Gasteiger partial charge in [-0.2, -0.15) is 0 Å². The summed E-state index contributed by atoms with van der Waals surface area (Å²) in [6.45, 7) is 7.02. The minimum Gasteiger partial charge on any atom is -0.349 e. The van der Waals surface area contributed by atoms with Crippen molar-refractivity contribution in [2.24, 2.45) is 7.05 Å². The van der Waals surface area contributed by atoms with Crippen LogP contribution in [-0.2, 0) is 20.0 Å². The van der Waals surface area contributed by atoms with E-state index in [2.05, 4.69) is 48.3 Å². The number of hydrogen-bond acceptors (Lipinski definition) is 2. The molecular weight excluding hydrogens is 286 g/mol. The van der Waals surface area contributed by atoms with Crippen LogP contribution in [0, 0.1) is 0 Å². The third-order valence-electron chi connectivity index (χ3n) is 4.84. The molecule has 0 spiro atoms. The van der Waals surface area contributed by atoms with E-state index in [9.17, 15) is 4.79 Å². The van der Waals surface area contributed by atoms with Gasteiger partial charge in [0.1, 0.15) is 5.69 Å². The Hall–Kier alpha value is -2.07. The van der Waals surface area contributed by atoms with Crippen LogP contribution in [0.25, 0.3) is 0 Å². The van der Waals surface area contributed by atoms with Gasteiger partial charge in [0.25, 0.3) is 5.91 Å². The number of aromatic nitrogens is 1. The Balaban J connectivity index is 1.63. The average Bonchev–Trinajstić information content (AvgIpc) is 2.98. The van der Waals surface area contributed by atoms with Gasteiger partial charge in [-0.1, -0.05) is 24.3 Å². The zero-order chi connectivity index (χ0) is 16.4. The number of rotatable bonds is 4. The molecule has 0 saturated carbocycles. The molecule has 122 valence electrons. The zero-order valence-electron chi connectivity index (χ0n) is 14.2. The number of fused-ring (bicyclic) bond motifs is 1. The van der Waals surface area contributed by atoms with E-state index >= 15 is 0 Å². The first-order chi connectivity index (χ1) is 11.0. The maximum atomic E-state index is 12.3. The van der Waals surface area contributed by atoms with Gasteiger partial charge in [-0.05, 0) is 43.5 Å². The predicted molar refractivity (Wildman–Crippen MR) is 92.4 cm³/mol. The van der Waals surface area contributed by atoms with Crippen molar-refractivity contribution in [2.45, 2.75) is 32.4 Å². The summed E-state index contributed by atoms with van der Waals surface area (Å²) in [7, 11) is 1.89. The highest BCUT2D eigenvalue weighted by molar-refractivity contribution is 5.92. The van der Waals surface area contributed by atoms with Crippen LogP contribution < -0.4 is 5.32 Å². The smallest absolute Gasteiger partial charge is 0.267 e. The molecule has 0 aliphatic carbocycles. The van der Waals surface area contributed by atoms with Crippen LogP contribution in [0.3, 0.4) is 0 Å². The fourth-order valence-corrected chi connectivity index (χ4v) is 3.21. The third kappa shape index (κ3) is 3.32. The summed E-state index contributed by atoms with van der Waals surface area (Å²) >= 11 is 0. The summed E-state index contributed by atoms with van der Waals surface area (Å²) in [6, 6.07) is 12.4. The summed E-state index contributed by atoms with van der Waals surface area (Å²) in [4.78, 5) is 14.8. The Kier molecular flexibility index (Phi) is 4.26. The van der Waals surface area contributed by atoms with Crippen molar-refractivity contribution in [1.29, 1.82) is 0 Å². The molecule has 0 bridgehead atoms. The van der Waals surface area contributed by atoms with Gasteiger partial charge in [-0.15, -0.1) is 0 Å². The molecule has 0 fully saturated rings. The van der Waals surface area contributed by atoms with Crippen molar-refractivity contribution >= 4 is 5.91 Å². The molecule has 1 aliphatic rings. The monoisotopic (exact) mass is 311 g/mol. The number of hydrogen-bond donors (Lipinski definition) is 1. The predicted octanol–water partition coefficient (Wildman–Crippen LogP) is 2.59. The van der Waals surface area contributed by atoms with Gasteiger partial charge in [-0.3, -0.25) is 9.69 Å². The lowest BCUT2D eigenvalue weighted by molar-refractivity contribution is 0.0820.